The Morgan fingerprint density at radius 1 is 1.19 bits per heavy atom. The molecule has 1 saturated carbocycles. The van der Waals surface area contributed by atoms with Crippen LogP contribution in [-0.4, -0.2) is 12.6 Å². The van der Waals surface area contributed by atoms with Gasteiger partial charge in [-0.3, -0.25) is 0 Å². The number of hydrogen-bond donors (Lipinski definition) is 1. The number of nitrogens with one attached hydrogen (secondary N) is 1. The standard InChI is InChI=1S/C17H17ClFNO/c18-15-10-13(19)6-9-16(15)21-17(11-20-14-7-8-14)12-4-2-1-3-5-12/h1-6,9-10,14,17,20H,7-8,11H2. The third-order valence-corrected chi connectivity index (χ3v) is 3.80. The van der Waals surface area contributed by atoms with E-state index in [1.54, 1.807) is 6.07 Å². The number of halogens is 2. The summed E-state index contributed by atoms with van der Waals surface area (Å²) in [5, 5.41) is 3.76. The lowest BCUT2D eigenvalue weighted by Gasteiger charge is -2.21. The molecule has 4 heteroatoms. The van der Waals surface area contributed by atoms with Gasteiger partial charge in [-0.05, 0) is 36.6 Å². The van der Waals surface area contributed by atoms with Gasteiger partial charge in [0.05, 0.1) is 5.02 Å². The Bertz CT molecular complexity index is 601. The zero-order valence-electron chi connectivity index (χ0n) is 11.6. The van der Waals surface area contributed by atoms with Crippen LogP contribution in [0.15, 0.2) is 48.5 Å². The van der Waals surface area contributed by atoms with Gasteiger partial charge in [0.2, 0.25) is 0 Å². The van der Waals surface area contributed by atoms with Gasteiger partial charge in [-0.25, -0.2) is 4.39 Å². The lowest BCUT2D eigenvalue weighted by atomic mass is 10.1. The third-order valence-electron chi connectivity index (χ3n) is 3.50. The highest BCUT2D eigenvalue weighted by atomic mass is 35.5. The molecule has 21 heavy (non-hydrogen) atoms. The topological polar surface area (TPSA) is 21.3 Å². The molecule has 0 radical (unpaired) electrons. The maximum atomic E-state index is 13.1. The number of benzene rings is 2. The second-order valence-corrected chi connectivity index (χ2v) is 5.68. The van der Waals surface area contributed by atoms with E-state index in [2.05, 4.69) is 5.32 Å². The highest BCUT2D eigenvalue weighted by molar-refractivity contribution is 6.32. The summed E-state index contributed by atoms with van der Waals surface area (Å²) in [6.07, 6.45) is 2.30. The smallest absolute Gasteiger partial charge is 0.139 e. The Balaban J connectivity index is 1.77. The molecule has 1 fully saturated rings. The second-order valence-electron chi connectivity index (χ2n) is 5.27. The molecule has 0 spiro atoms. The number of hydrogen-bond acceptors (Lipinski definition) is 2. The molecule has 2 aromatic carbocycles. The van der Waals surface area contributed by atoms with E-state index in [1.807, 2.05) is 30.3 Å². The van der Waals surface area contributed by atoms with Crippen LogP contribution >= 0.6 is 11.6 Å². The van der Waals surface area contributed by atoms with Crippen molar-refractivity contribution >= 4 is 11.6 Å². The summed E-state index contributed by atoms with van der Waals surface area (Å²) in [5.74, 6) is 0.143. The van der Waals surface area contributed by atoms with E-state index in [0.29, 0.717) is 23.4 Å². The van der Waals surface area contributed by atoms with Crippen molar-refractivity contribution in [2.75, 3.05) is 6.54 Å². The predicted octanol–water partition coefficient (Wildman–Crippen LogP) is 4.35. The molecule has 1 aliphatic carbocycles. The van der Waals surface area contributed by atoms with Crippen LogP contribution in [0.1, 0.15) is 24.5 Å². The third kappa shape index (κ3) is 3.96. The molecule has 3 rings (SSSR count). The van der Waals surface area contributed by atoms with E-state index >= 15 is 0 Å². The highest BCUT2D eigenvalue weighted by Crippen LogP contribution is 2.30. The highest BCUT2D eigenvalue weighted by Gasteiger charge is 2.23. The van der Waals surface area contributed by atoms with Crippen LogP contribution in [0.2, 0.25) is 5.02 Å². The van der Waals surface area contributed by atoms with Crippen molar-refractivity contribution in [2.45, 2.75) is 25.0 Å². The van der Waals surface area contributed by atoms with Crippen molar-refractivity contribution in [3.05, 3.63) is 64.9 Å². The Labute approximate surface area is 128 Å². The molecule has 2 nitrogen and oxygen atoms in total. The zero-order valence-corrected chi connectivity index (χ0v) is 12.3. The molecule has 1 aliphatic rings. The average Bonchev–Trinajstić information content (AvgIpc) is 3.31. The Morgan fingerprint density at radius 2 is 1.95 bits per heavy atom. The zero-order chi connectivity index (χ0) is 14.7. The van der Waals surface area contributed by atoms with Crippen LogP contribution in [-0.2, 0) is 0 Å². The first-order valence-corrected chi connectivity index (χ1v) is 7.50. The Kier molecular flexibility index (Phi) is 4.42. The first-order chi connectivity index (χ1) is 10.2. The summed E-state index contributed by atoms with van der Waals surface area (Å²) in [4.78, 5) is 0. The van der Waals surface area contributed by atoms with E-state index in [-0.39, 0.29) is 11.9 Å². The molecule has 1 atom stereocenters. The van der Waals surface area contributed by atoms with Crippen molar-refractivity contribution in [1.29, 1.82) is 0 Å². The van der Waals surface area contributed by atoms with E-state index < -0.39 is 0 Å². The van der Waals surface area contributed by atoms with Crippen LogP contribution in [0.4, 0.5) is 4.39 Å². The maximum absolute atomic E-state index is 13.1. The molecule has 110 valence electrons. The van der Waals surface area contributed by atoms with Crippen LogP contribution < -0.4 is 10.1 Å². The summed E-state index contributed by atoms with van der Waals surface area (Å²) in [6.45, 7) is 0.711. The largest absolute Gasteiger partial charge is 0.483 e. The van der Waals surface area contributed by atoms with Gasteiger partial charge in [-0.1, -0.05) is 41.9 Å². The quantitative estimate of drug-likeness (QED) is 0.856. The minimum atomic E-state index is -0.361. The second kappa shape index (κ2) is 6.46. The van der Waals surface area contributed by atoms with Crippen LogP contribution in [0, 0.1) is 5.82 Å². The molecule has 1 N–H and O–H groups in total. The lowest BCUT2D eigenvalue weighted by molar-refractivity contribution is 0.201. The fourth-order valence-corrected chi connectivity index (χ4v) is 2.39. The molecule has 0 aliphatic heterocycles. The van der Waals surface area contributed by atoms with E-state index in [9.17, 15) is 4.39 Å². The maximum Gasteiger partial charge on any atom is 0.139 e. The lowest BCUT2D eigenvalue weighted by Crippen LogP contribution is -2.26. The van der Waals surface area contributed by atoms with Gasteiger partial charge in [0.25, 0.3) is 0 Å². The van der Waals surface area contributed by atoms with Gasteiger partial charge in [-0.15, -0.1) is 0 Å². The first kappa shape index (κ1) is 14.4. The van der Waals surface area contributed by atoms with E-state index in [4.69, 9.17) is 16.3 Å². The van der Waals surface area contributed by atoms with Crippen molar-refractivity contribution in [3.8, 4) is 5.75 Å². The van der Waals surface area contributed by atoms with Crippen LogP contribution in [0.25, 0.3) is 0 Å². The molecule has 2 aromatic rings. The van der Waals surface area contributed by atoms with Crippen LogP contribution in [0.5, 0.6) is 5.75 Å². The van der Waals surface area contributed by atoms with Gasteiger partial charge in [0.1, 0.15) is 17.7 Å². The molecule has 0 heterocycles. The van der Waals surface area contributed by atoms with E-state index in [1.165, 1.54) is 25.0 Å². The number of rotatable bonds is 6. The Morgan fingerprint density at radius 3 is 2.62 bits per heavy atom. The van der Waals surface area contributed by atoms with Crippen molar-refractivity contribution in [2.24, 2.45) is 0 Å². The summed E-state index contributed by atoms with van der Waals surface area (Å²) in [6, 6.07) is 14.8. The molecule has 1 unspecified atom stereocenters. The molecule has 0 aromatic heterocycles. The number of ether oxygens (including phenoxy) is 1. The molecular weight excluding hydrogens is 289 g/mol. The van der Waals surface area contributed by atoms with Gasteiger partial charge in [0, 0.05) is 12.6 Å². The van der Waals surface area contributed by atoms with Crippen molar-refractivity contribution in [1.82, 2.24) is 5.32 Å². The van der Waals surface area contributed by atoms with Crippen molar-refractivity contribution < 1.29 is 9.13 Å². The fraction of sp³-hybridized carbons (Fsp3) is 0.294. The Hall–Kier alpha value is -1.58. The minimum absolute atomic E-state index is 0.144. The summed E-state index contributed by atoms with van der Waals surface area (Å²) in [7, 11) is 0. The van der Waals surface area contributed by atoms with E-state index in [0.717, 1.165) is 5.56 Å². The van der Waals surface area contributed by atoms with Crippen LogP contribution in [0.3, 0.4) is 0 Å². The fourth-order valence-electron chi connectivity index (χ4n) is 2.18. The predicted molar refractivity (Wildman–Crippen MR) is 82.2 cm³/mol. The normalized spacial score (nSPS) is 15.7. The molecule has 0 amide bonds. The molecule has 0 saturated heterocycles. The van der Waals surface area contributed by atoms with Gasteiger partial charge in [-0.2, -0.15) is 0 Å². The summed E-state index contributed by atoms with van der Waals surface area (Å²) in [5.41, 5.74) is 1.08. The monoisotopic (exact) mass is 305 g/mol. The average molecular weight is 306 g/mol. The van der Waals surface area contributed by atoms with Gasteiger partial charge in [0.15, 0.2) is 0 Å². The van der Waals surface area contributed by atoms with Gasteiger partial charge < -0.3 is 10.1 Å². The minimum Gasteiger partial charge on any atom is -0.483 e. The first-order valence-electron chi connectivity index (χ1n) is 7.12. The summed E-state index contributed by atoms with van der Waals surface area (Å²) >= 11 is 6.05. The molecular formula is C17H17ClFNO. The van der Waals surface area contributed by atoms with Crippen molar-refractivity contribution in [3.63, 3.8) is 0 Å². The molecule has 0 bridgehead atoms. The van der Waals surface area contributed by atoms with Gasteiger partial charge >= 0.3 is 0 Å². The SMILES string of the molecule is Fc1ccc(OC(CNC2CC2)c2ccccc2)c(Cl)c1. The summed E-state index contributed by atoms with van der Waals surface area (Å²) < 4.78 is 19.1.